The van der Waals surface area contributed by atoms with Crippen molar-refractivity contribution in [1.29, 1.82) is 0 Å². The zero-order chi connectivity index (χ0) is 42.2. The Hall–Kier alpha value is -7.00. The predicted molar refractivity (Wildman–Crippen MR) is 266 cm³/mol. The van der Waals surface area contributed by atoms with Gasteiger partial charge in [-0.05, 0) is 126 Å². The van der Waals surface area contributed by atoms with E-state index in [9.17, 15) is 0 Å². The Bertz CT molecular complexity index is 3380. The second kappa shape index (κ2) is 13.0. The Morgan fingerprint density at radius 2 is 0.825 bits per heavy atom. The molecule has 0 atom stereocenters. The number of nitrogens with zero attached hydrogens (tertiary/aromatic N) is 1. The summed E-state index contributed by atoms with van der Waals surface area (Å²) < 4.78 is 2.58. The third-order valence-corrected chi connectivity index (χ3v) is 16.1. The number of fused-ring (bicyclic) bond motifs is 12. The monoisotopic (exact) mass is 823 g/mol. The van der Waals surface area contributed by atoms with Crippen LogP contribution in [0.4, 0.5) is 17.1 Å². The fourth-order valence-electron chi connectivity index (χ4n) is 12.0. The van der Waals surface area contributed by atoms with Crippen molar-refractivity contribution in [1.82, 2.24) is 0 Å². The Morgan fingerprint density at radius 1 is 0.349 bits per heavy atom. The molecule has 10 aromatic rings. The number of anilines is 3. The normalized spacial score (nSPS) is 15.4. The van der Waals surface area contributed by atoms with E-state index in [1.54, 1.807) is 0 Å². The first-order valence-corrected chi connectivity index (χ1v) is 23.1. The highest BCUT2D eigenvalue weighted by molar-refractivity contribution is 7.26. The molecule has 13 rings (SSSR count). The standard InChI is InChI=1S/C61H45NS/c1-59(2)49-23-12-8-19-42(49)46-32-30-40(36-53(46)59)62(41-31-33-47-43-20-9-13-24-50(43)60(3,4)54(47)37-41)55-27-16-28-57-58(55)48-35-39(29-34-56(48)63-57)61(38-17-6-5-7-18-38)51-25-14-10-21-44(51)45-22-11-15-26-52(45)61/h5-37H,1-4H3. The largest absolute Gasteiger partial charge is 0.310 e. The van der Waals surface area contributed by atoms with Crippen molar-refractivity contribution >= 4 is 48.6 Å². The highest BCUT2D eigenvalue weighted by Crippen LogP contribution is 2.58. The fraction of sp³-hybridized carbons (Fsp3) is 0.115. The zero-order valence-corrected chi connectivity index (χ0v) is 36.7. The van der Waals surface area contributed by atoms with Gasteiger partial charge in [0.15, 0.2) is 0 Å². The lowest BCUT2D eigenvalue weighted by Crippen LogP contribution is -2.28. The summed E-state index contributed by atoms with van der Waals surface area (Å²) in [7, 11) is 0. The van der Waals surface area contributed by atoms with Crippen LogP contribution >= 0.6 is 11.3 Å². The molecule has 0 amide bonds. The fourth-order valence-corrected chi connectivity index (χ4v) is 13.1. The van der Waals surface area contributed by atoms with Gasteiger partial charge in [0.2, 0.25) is 0 Å². The highest BCUT2D eigenvalue weighted by atomic mass is 32.1. The van der Waals surface area contributed by atoms with Gasteiger partial charge in [0, 0.05) is 42.4 Å². The Balaban J connectivity index is 1.08. The summed E-state index contributed by atoms with van der Waals surface area (Å²) in [6.07, 6.45) is 0. The molecule has 9 aromatic carbocycles. The van der Waals surface area contributed by atoms with Crippen LogP contribution in [-0.4, -0.2) is 0 Å². The molecule has 0 unspecified atom stereocenters. The van der Waals surface area contributed by atoms with Gasteiger partial charge in [-0.2, -0.15) is 0 Å². The molecule has 63 heavy (non-hydrogen) atoms. The molecule has 0 spiro atoms. The molecule has 0 bridgehead atoms. The van der Waals surface area contributed by atoms with Gasteiger partial charge >= 0.3 is 0 Å². The number of hydrogen-bond acceptors (Lipinski definition) is 2. The van der Waals surface area contributed by atoms with Gasteiger partial charge in [0.05, 0.1) is 11.1 Å². The van der Waals surface area contributed by atoms with E-state index in [0.717, 1.165) is 0 Å². The average Bonchev–Trinajstić information content (AvgIpc) is 3.99. The maximum absolute atomic E-state index is 2.56. The van der Waals surface area contributed by atoms with Gasteiger partial charge in [-0.1, -0.05) is 179 Å². The molecule has 0 saturated carbocycles. The predicted octanol–water partition coefficient (Wildman–Crippen LogP) is 16.5. The maximum Gasteiger partial charge on any atom is 0.0713 e. The molecule has 0 aliphatic heterocycles. The van der Waals surface area contributed by atoms with Crippen LogP contribution in [0.3, 0.4) is 0 Å². The van der Waals surface area contributed by atoms with E-state index >= 15 is 0 Å². The van der Waals surface area contributed by atoms with Crippen molar-refractivity contribution in [2.45, 2.75) is 43.9 Å². The summed E-state index contributed by atoms with van der Waals surface area (Å²) in [5.74, 6) is 0. The van der Waals surface area contributed by atoms with Crippen molar-refractivity contribution in [3.05, 3.63) is 245 Å². The van der Waals surface area contributed by atoms with Gasteiger partial charge < -0.3 is 4.90 Å². The summed E-state index contributed by atoms with van der Waals surface area (Å²) in [6.45, 7) is 9.55. The first kappa shape index (κ1) is 36.6. The molecular weight excluding hydrogens is 779 g/mol. The van der Waals surface area contributed by atoms with Gasteiger partial charge in [0.25, 0.3) is 0 Å². The van der Waals surface area contributed by atoms with Crippen LogP contribution < -0.4 is 4.90 Å². The Labute approximate surface area is 373 Å². The summed E-state index contributed by atoms with van der Waals surface area (Å²) in [6, 6.07) is 75.9. The van der Waals surface area contributed by atoms with Crippen LogP contribution in [0.2, 0.25) is 0 Å². The molecule has 0 fully saturated rings. The van der Waals surface area contributed by atoms with E-state index in [1.165, 1.54) is 115 Å². The third-order valence-electron chi connectivity index (χ3n) is 15.0. The second-order valence-corrected chi connectivity index (χ2v) is 19.9. The lowest BCUT2D eigenvalue weighted by molar-refractivity contribution is 0.660. The van der Waals surface area contributed by atoms with Crippen LogP contribution in [-0.2, 0) is 16.2 Å². The number of rotatable bonds is 5. The second-order valence-electron chi connectivity index (χ2n) is 18.8. The first-order valence-electron chi connectivity index (χ1n) is 22.3. The van der Waals surface area contributed by atoms with Crippen molar-refractivity contribution in [2.24, 2.45) is 0 Å². The molecule has 300 valence electrons. The van der Waals surface area contributed by atoms with E-state index in [2.05, 4.69) is 233 Å². The van der Waals surface area contributed by atoms with Crippen molar-refractivity contribution in [2.75, 3.05) is 4.90 Å². The third kappa shape index (κ3) is 4.88. The molecule has 1 aromatic heterocycles. The van der Waals surface area contributed by atoms with E-state index in [0.29, 0.717) is 0 Å². The minimum Gasteiger partial charge on any atom is -0.310 e. The molecule has 2 heteroatoms. The minimum absolute atomic E-state index is 0.134. The molecule has 1 nitrogen and oxygen atoms in total. The lowest BCUT2D eigenvalue weighted by atomic mass is 9.67. The molecule has 0 N–H and O–H groups in total. The summed E-state index contributed by atoms with van der Waals surface area (Å²) in [4.78, 5) is 2.56. The summed E-state index contributed by atoms with van der Waals surface area (Å²) >= 11 is 1.90. The maximum atomic E-state index is 2.56. The Kier molecular flexibility index (Phi) is 7.57. The van der Waals surface area contributed by atoms with Crippen molar-refractivity contribution < 1.29 is 0 Å². The van der Waals surface area contributed by atoms with Gasteiger partial charge in [-0.15, -0.1) is 11.3 Å². The van der Waals surface area contributed by atoms with E-state index in [1.807, 2.05) is 11.3 Å². The van der Waals surface area contributed by atoms with Crippen molar-refractivity contribution in [3.8, 4) is 33.4 Å². The smallest absolute Gasteiger partial charge is 0.0713 e. The van der Waals surface area contributed by atoms with E-state index in [-0.39, 0.29) is 10.8 Å². The quantitative estimate of drug-likeness (QED) is 0.167. The molecule has 0 saturated heterocycles. The van der Waals surface area contributed by atoms with Crippen LogP contribution in [0.15, 0.2) is 200 Å². The molecule has 0 radical (unpaired) electrons. The summed E-state index contributed by atoms with van der Waals surface area (Å²) in [5, 5.41) is 2.57. The molecular formula is C61H45NS. The molecule has 3 aliphatic rings. The average molecular weight is 824 g/mol. The first-order chi connectivity index (χ1) is 30.8. The lowest BCUT2D eigenvalue weighted by Gasteiger charge is -2.34. The topological polar surface area (TPSA) is 3.24 Å². The highest BCUT2D eigenvalue weighted by Gasteiger charge is 2.46. The zero-order valence-electron chi connectivity index (χ0n) is 35.9. The van der Waals surface area contributed by atoms with Crippen LogP contribution in [0.5, 0.6) is 0 Å². The molecule has 3 aliphatic carbocycles. The number of benzene rings is 9. The number of hydrogen-bond donors (Lipinski definition) is 0. The van der Waals surface area contributed by atoms with E-state index in [4.69, 9.17) is 0 Å². The van der Waals surface area contributed by atoms with Crippen LogP contribution in [0.1, 0.15) is 72.2 Å². The number of thiophene rings is 1. The van der Waals surface area contributed by atoms with Crippen molar-refractivity contribution in [3.63, 3.8) is 0 Å². The molecule has 1 heterocycles. The van der Waals surface area contributed by atoms with Crippen LogP contribution in [0, 0.1) is 0 Å². The SMILES string of the molecule is CC1(C)c2ccccc2-c2ccc(N(c3ccc4c(c3)C(C)(C)c3ccccc3-4)c3cccc4sc5ccc(C6(c7ccccc7)c7ccccc7-c7ccccc76)cc5c34)cc21. The van der Waals surface area contributed by atoms with Crippen LogP contribution in [0.25, 0.3) is 53.6 Å². The van der Waals surface area contributed by atoms with Gasteiger partial charge in [-0.3, -0.25) is 0 Å². The van der Waals surface area contributed by atoms with Gasteiger partial charge in [0.1, 0.15) is 0 Å². The van der Waals surface area contributed by atoms with E-state index < -0.39 is 5.41 Å². The van der Waals surface area contributed by atoms with Gasteiger partial charge in [-0.25, -0.2) is 0 Å². The summed E-state index contributed by atoms with van der Waals surface area (Å²) in [5.41, 5.74) is 21.5. The Morgan fingerprint density at radius 3 is 1.38 bits per heavy atom. The minimum atomic E-state index is -0.479.